The van der Waals surface area contributed by atoms with Crippen molar-refractivity contribution in [2.75, 3.05) is 6.67 Å². The summed E-state index contributed by atoms with van der Waals surface area (Å²) in [7, 11) is 0. The highest BCUT2D eigenvalue weighted by Crippen LogP contribution is 2.37. The van der Waals surface area contributed by atoms with Crippen LogP contribution in [-0.4, -0.2) is 6.67 Å². The van der Waals surface area contributed by atoms with Gasteiger partial charge in [-0.15, -0.1) is 0 Å². The van der Waals surface area contributed by atoms with Crippen molar-refractivity contribution in [2.24, 2.45) is 11.8 Å². The fourth-order valence-corrected chi connectivity index (χ4v) is 3.10. The highest BCUT2D eigenvalue weighted by atomic mass is 19.1. The minimum absolute atomic E-state index is 0.218. The van der Waals surface area contributed by atoms with Crippen LogP contribution in [0.25, 0.3) is 0 Å². The Morgan fingerprint density at radius 3 is 2.28 bits per heavy atom. The average molecular weight is 246 g/mol. The number of halogens is 1. The monoisotopic (exact) mass is 246 g/mol. The van der Waals surface area contributed by atoms with Gasteiger partial charge < -0.3 is 0 Å². The first-order valence-electron chi connectivity index (χ1n) is 7.52. The minimum Gasteiger partial charge on any atom is -0.251 e. The Labute approximate surface area is 110 Å². The number of hydrogen-bond acceptors (Lipinski definition) is 0. The van der Waals surface area contributed by atoms with Crippen LogP contribution >= 0.6 is 0 Å². The van der Waals surface area contributed by atoms with Gasteiger partial charge in [0.2, 0.25) is 0 Å². The molecule has 0 aliphatic heterocycles. The number of hydrogen-bond donors (Lipinski definition) is 0. The lowest BCUT2D eigenvalue weighted by atomic mass is 9.79. The molecule has 0 unspecified atom stereocenters. The Morgan fingerprint density at radius 2 is 1.67 bits per heavy atom. The summed E-state index contributed by atoms with van der Waals surface area (Å²) in [5, 5.41) is 0. The summed E-state index contributed by atoms with van der Waals surface area (Å²) < 4.78 is 12.7. The van der Waals surface area contributed by atoms with Gasteiger partial charge in [-0.2, -0.15) is 0 Å². The van der Waals surface area contributed by atoms with Crippen LogP contribution in [0.5, 0.6) is 0 Å². The SMILES string of the molecule is FCCc1cccc(CC2CCC2)c1CC1CC1. The molecular weight excluding hydrogens is 223 g/mol. The fourth-order valence-electron chi connectivity index (χ4n) is 3.10. The van der Waals surface area contributed by atoms with Gasteiger partial charge in [0.15, 0.2) is 0 Å². The van der Waals surface area contributed by atoms with Crippen molar-refractivity contribution in [1.82, 2.24) is 0 Å². The van der Waals surface area contributed by atoms with Crippen LogP contribution in [-0.2, 0) is 19.3 Å². The van der Waals surface area contributed by atoms with Crippen molar-refractivity contribution in [2.45, 2.75) is 51.4 Å². The van der Waals surface area contributed by atoms with Crippen molar-refractivity contribution in [1.29, 1.82) is 0 Å². The second-order valence-electron chi connectivity index (χ2n) is 6.14. The van der Waals surface area contributed by atoms with Gasteiger partial charge >= 0.3 is 0 Å². The van der Waals surface area contributed by atoms with E-state index >= 15 is 0 Å². The zero-order chi connectivity index (χ0) is 12.4. The molecule has 1 aromatic carbocycles. The predicted octanol–water partition coefficient (Wildman–Crippen LogP) is 4.49. The largest absolute Gasteiger partial charge is 0.251 e. The van der Waals surface area contributed by atoms with Crippen LogP contribution in [0.15, 0.2) is 18.2 Å². The topological polar surface area (TPSA) is 0 Å². The summed E-state index contributed by atoms with van der Waals surface area (Å²) in [4.78, 5) is 0. The first kappa shape index (κ1) is 12.2. The van der Waals surface area contributed by atoms with Gasteiger partial charge in [-0.05, 0) is 54.2 Å². The van der Waals surface area contributed by atoms with Crippen LogP contribution in [0.4, 0.5) is 4.39 Å². The Balaban J connectivity index is 1.81. The average Bonchev–Trinajstić information content (AvgIpc) is 3.11. The van der Waals surface area contributed by atoms with E-state index in [4.69, 9.17) is 0 Å². The van der Waals surface area contributed by atoms with Crippen LogP contribution in [0.3, 0.4) is 0 Å². The molecule has 0 aromatic heterocycles. The lowest BCUT2D eigenvalue weighted by Crippen LogP contribution is -2.15. The molecule has 18 heavy (non-hydrogen) atoms. The van der Waals surface area contributed by atoms with Gasteiger partial charge in [-0.25, -0.2) is 0 Å². The quantitative estimate of drug-likeness (QED) is 0.693. The molecule has 0 amide bonds. The summed E-state index contributed by atoms with van der Waals surface area (Å²) in [5.41, 5.74) is 4.31. The molecule has 0 saturated heterocycles. The highest BCUT2D eigenvalue weighted by molar-refractivity contribution is 5.37. The summed E-state index contributed by atoms with van der Waals surface area (Å²) >= 11 is 0. The molecule has 0 bridgehead atoms. The number of benzene rings is 1. The molecule has 0 nitrogen and oxygen atoms in total. The molecule has 2 fully saturated rings. The molecule has 0 heterocycles. The Kier molecular flexibility index (Phi) is 3.67. The van der Waals surface area contributed by atoms with E-state index in [1.54, 1.807) is 0 Å². The van der Waals surface area contributed by atoms with Gasteiger partial charge in [0.1, 0.15) is 0 Å². The van der Waals surface area contributed by atoms with Gasteiger partial charge in [0, 0.05) is 6.42 Å². The third-order valence-corrected chi connectivity index (χ3v) is 4.66. The summed E-state index contributed by atoms with van der Waals surface area (Å²) in [6.45, 7) is -0.218. The molecule has 1 aromatic rings. The third kappa shape index (κ3) is 2.76. The number of rotatable bonds is 6. The smallest absolute Gasteiger partial charge is 0.0934 e. The highest BCUT2D eigenvalue weighted by Gasteiger charge is 2.25. The van der Waals surface area contributed by atoms with E-state index < -0.39 is 0 Å². The zero-order valence-corrected chi connectivity index (χ0v) is 11.1. The first-order chi connectivity index (χ1) is 8.86. The number of alkyl halides is 1. The van der Waals surface area contributed by atoms with Crippen molar-refractivity contribution < 1.29 is 4.39 Å². The van der Waals surface area contributed by atoms with Crippen molar-refractivity contribution in [3.63, 3.8) is 0 Å². The molecule has 2 aliphatic rings. The molecule has 98 valence electrons. The van der Waals surface area contributed by atoms with E-state index in [0.717, 1.165) is 11.8 Å². The van der Waals surface area contributed by atoms with Crippen LogP contribution in [0.2, 0.25) is 0 Å². The fraction of sp³-hybridized carbons (Fsp3) is 0.647. The van der Waals surface area contributed by atoms with E-state index in [2.05, 4.69) is 18.2 Å². The van der Waals surface area contributed by atoms with E-state index in [1.165, 1.54) is 61.6 Å². The summed E-state index contributed by atoms with van der Waals surface area (Å²) in [5.74, 6) is 1.80. The molecular formula is C17H23F. The maximum absolute atomic E-state index is 12.7. The Hall–Kier alpha value is -0.850. The minimum atomic E-state index is -0.218. The maximum atomic E-state index is 12.7. The van der Waals surface area contributed by atoms with Gasteiger partial charge in [0.05, 0.1) is 6.67 Å². The van der Waals surface area contributed by atoms with Gasteiger partial charge in [-0.1, -0.05) is 37.5 Å². The normalized spacial score (nSPS) is 19.8. The molecule has 2 saturated carbocycles. The van der Waals surface area contributed by atoms with E-state index in [-0.39, 0.29) is 6.67 Å². The predicted molar refractivity (Wildman–Crippen MR) is 73.6 cm³/mol. The number of aryl methyl sites for hydroxylation is 1. The van der Waals surface area contributed by atoms with Crippen LogP contribution in [0, 0.1) is 11.8 Å². The molecule has 0 N–H and O–H groups in total. The maximum Gasteiger partial charge on any atom is 0.0934 e. The lowest BCUT2D eigenvalue weighted by Gasteiger charge is -2.27. The molecule has 1 heteroatoms. The van der Waals surface area contributed by atoms with Crippen LogP contribution in [0.1, 0.15) is 48.8 Å². The summed E-state index contributed by atoms with van der Waals surface area (Å²) in [6.07, 6.45) is 10.0. The third-order valence-electron chi connectivity index (χ3n) is 4.66. The van der Waals surface area contributed by atoms with E-state index in [9.17, 15) is 4.39 Å². The molecule has 0 radical (unpaired) electrons. The standard InChI is InChI=1S/C17H23F/c18-10-9-15-5-2-6-16(11-13-3-1-4-13)17(15)12-14-7-8-14/h2,5-6,13-14H,1,3-4,7-12H2. The van der Waals surface area contributed by atoms with Gasteiger partial charge in [0.25, 0.3) is 0 Å². The Bertz CT molecular complexity index is 402. The second kappa shape index (κ2) is 5.42. The molecule has 3 rings (SSSR count). The van der Waals surface area contributed by atoms with Crippen molar-refractivity contribution in [3.05, 3.63) is 34.9 Å². The zero-order valence-electron chi connectivity index (χ0n) is 11.1. The second-order valence-corrected chi connectivity index (χ2v) is 6.14. The lowest BCUT2D eigenvalue weighted by molar-refractivity contribution is 0.313. The summed E-state index contributed by atoms with van der Waals surface area (Å²) in [6, 6.07) is 6.56. The van der Waals surface area contributed by atoms with Crippen molar-refractivity contribution >= 4 is 0 Å². The Morgan fingerprint density at radius 1 is 0.944 bits per heavy atom. The van der Waals surface area contributed by atoms with Crippen molar-refractivity contribution in [3.8, 4) is 0 Å². The molecule has 0 spiro atoms. The van der Waals surface area contributed by atoms with E-state index in [0.29, 0.717) is 6.42 Å². The van der Waals surface area contributed by atoms with E-state index in [1.807, 2.05) is 0 Å². The van der Waals surface area contributed by atoms with Crippen LogP contribution < -0.4 is 0 Å². The van der Waals surface area contributed by atoms with Gasteiger partial charge in [-0.3, -0.25) is 4.39 Å². The molecule has 2 aliphatic carbocycles. The molecule has 0 atom stereocenters. The first-order valence-corrected chi connectivity index (χ1v) is 7.52.